The number of carbonyl (C=O) groups excluding carboxylic acids is 1. The Kier molecular flexibility index (Phi) is 13.8. The van der Waals surface area contributed by atoms with Crippen LogP contribution in [0.2, 0.25) is 0 Å². The van der Waals surface area contributed by atoms with Gasteiger partial charge in [-0.25, -0.2) is 0 Å². The third-order valence-electron chi connectivity index (χ3n) is 6.37. The Morgan fingerprint density at radius 2 is 1.59 bits per heavy atom. The predicted molar refractivity (Wildman–Crippen MR) is 125 cm³/mol. The highest BCUT2D eigenvalue weighted by Gasteiger charge is 2.41. The highest BCUT2D eigenvalue weighted by atomic mass is 16.1. The molecule has 0 aromatic rings. The Hall–Kier alpha value is -1.29. The van der Waals surface area contributed by atoms with Gasteiger partial charge in [0.05, 0.1) is 12.7 Å². The molecule has 0 aromatic heterocycles. The molecular formula is C25H48N3O+. The summed E-state index contributed by atoms with van der Waals surface area (Å²) in [7, 11) is 0. The molecule has 4 heteroatoms. The van der Waals surface area contributed by atoms with Gasteiger partial charge in [-0.15, -0.1) is 0 Å². The van der Waals surface area contributed by atoms with E-state index < -0.39 is 0 Å². The van der Waals surface area contributed by atoms with Crippen molar-refractivity contribution in [1.82, 2.24) is 10.6 Å². The van der Waals surface area contributed by atoms with Crippen molar-refractivity contribution in [2.45, 2.75) is 123 Å². The summed E-state index contributed by atoms with van der Waals surface area (Å²) in [5, 5.41) is 6.63. The van der Waals surface area contributed by atoms with E-state index in [-0.39, 0.29) is 12.1 Å². The van der Waals surface area contributed by atoms with E-state index in [0.29, 0.717) is 6.17 Å². The summed E-state index contributed by atoms with van der Waals surface area (Å²) in [6.07, 6.45) is 26.7. The predicted octanol–water partition coefficient (Wildman–Crippen LogP) is 6.35. The van der Waals surface area contributed by atoms with Gasteiger partial charge in [-0.3, -0.25) is 9.28 Å². The molecule has 1 aliphatic heterocycles. The molecule has 2 N–H and O–H groups in total. The van der Waals surface area contributed by atoms with Gasteiger partial charge in [0.15, 0.2) is 12.3 Å². The fraction of sp³-hybridized carbons (Fsp3) is 0.800. The van der Waals surface area contributed by atoms with E-state index in [1.807, 2.05) is 0 Å². The molecule has 0 bridgehead atoms. The van der Waals surface area contributed by atoms with Crippen molar-refractivity contribution in [2.75, 3.05) is 6.54 Å². The quantitative estimate of drug-likeness (QED) is 0.168. The first-order valence-corrected chi connectivity index (χ1v) is 12.3. The molecular weight excluding hydrogens is 358 g/mol. The average molecular weight is 407 g/mol. The molecule has 0 saturated heterocycles. The van der Waals surface area contributed by atoms with Crippen LogP contribution in [0.25, 0.3) is 0 Å². The van der Waals surface area contributed by atoms with Gasteiger partial charge < -0.3 is 10.6 Å². The lowest BCUT2D eigenvalue weighted by atomic mass is 10.0. The number of unbranched alkanes of at least 4 members (excludes halogenated alkanes) is 10. The van der Waals surface area contributed by atoms with E-state index in [4.69, 9.17) is 0 Å². The van der Waals surface area contributed by atoms with Crippen molar-refractivity contribution < 1.29 is 9.28 Å². The van der Waals surface area contributed by atoms with Crippen LogP contribution < -0.4 is 10.6 Å². The van der Waals surface area contributed by atoms with Crippen LogP contribution in [-0.2, 0) is 4.79 Å². The normalized spacial score (nSPS) is 22.1. The second-order valence-electron chi connectivity index (χ2n) is 8.71. The Labute approximate surface area is 180 Å². The van der Waals surface area contributed by atoms with Crippen molar-refractivity contribution in [1.29, 1.82) is 0 Å². The summed E-state index contributed by atoms with van der Waals surface area (Å²) >= 11 is 0. The molecule has 3 atom stereocenters. The first kappa shape index (κ1) is 25.7. The lowest BCUT2D eigenvalue weighted by Crippen LogP contribution is -2.62. The van der Waals surface area contributed by atoms with Crippen molar-refractivity contribution in [3.63, 3.8) is 0 Å². The Bertz CT molecular complexity index is 488. The second kappa shape index (κ2) is 15.5. The summed E-state index contributed by atoms with van der Waals surface area (Å²) < 4.78 is 0.813. The monoisotopic (exact) mass is 406 g/mol. The zero-order chi connectivity index (χ0) is 21.4. The maximum Gasteiger partial charge on any atom is 0.221 e. The van der Waals surface area contributed by atoms with Gasteiger partial charge in [0.2, 0.25) is 5.91 Å². The second-order valence-corrected chi connectivity index (χ2v) is 8.71. The zero-order valence-electron chi connectivity index (χ0n) is 19.7. The van der Waals surface area contributed by atoms with Gasteiger partial charge in [0, 0.05) is 20.3 Å². The molecule has 1 rings (SSSR count). The molecule has 1 heterocycles. The number of rotatable bonds is 17. The van der Waals surface area contributed by atoms with E-state index in [1.54, 1.807) is 6.92 Å². The summed E-state index contributed by atoms with van der Waals surface area (Å²) in [5.41, 5.74) is 0. The molecule has 29 heavy (non-hydrogen) atoms. The lowest BCUT2D eigenvalue weighted by molar-refractivity contribution is -0.923. The van der Waals surface area contributed by atoms with Crippen LogP contribution in [0, 0.1) is 0 Å². The fourth-order valence-corrected chi connectivity index (χ4v) is 4.51. The first-order valence-electron chi connectivity index (χ1n) is 12.3. The molecule has 168 valence electrons. The van der Waals surface area contributed by atoms with Crippen LogP contribution in [0.1, 0.15) is 111 Å². The largest absolute Gasteiger partial charge is 0.338 e. The number of amides is 1. The number of carbonyl (C=O) groups is 1. The molecule has 0 saturated carbocycles. The molecule has 0 radical (unpaired) electrons. The lowest BCUT2D eigenvalue weighted by Gasteiger charge is -2.41. The van der Waals surface area contributed by atoms with Crippen molar-refractivity contribution in [3.8, 4) is 0 Å². The summed E-state index contributed by atoms with van der Waals surface area (Å²) in [4.78, 5) is 11.5. The number of hydrogen-bond donors (Lipinski definition) is 2. The topological polar surface area (TPSA) is 41.1 Å². The van der Waals surface area contributed by atoms with Gasteiger partial charge in [0.1, 0.15) is 6.20 Å². The van der Waals surface area contributed by atoms with Crippen LogP contribution in [-0.4, -0.2) is 29.3 Å². The van der Waals surface area contributed by atoms with Crippen molar-refractivity contribution in [2.24, 2.45) is 0 Å². The van der Waals surface area contributed by atoms with Crippen LogP contribution in [0.3, 0.4) is 0 Å². The molecule has 1 amide bonds. The van der Waals surface area contributed by atoms with Gasteiger partial charge in [-0.1, -0.05) is 70.4 Å². The molecule has 0 aromatic carbocycles. The standard InChI is InChI=1S/C25H47N3O/c1-5-7-8-9-10-11-12-13-14-15-16-17-18-19-20-25-26-21-22-28(25,6-2)23(3)27-24(4)29/h8-9,21-23,25-26H,5-7,10-20H2,1-4H3/p+1/b9-8+. The first-order chi connectivity index (χ1) is 14.1. The molecule has 3 unspecified atom stereocenters. The number of allylic oxidation sites excluding steroid dienone is 2. The number of hydrogen-bond acceptors (Lipinski definition) is 2. The average Bonchev–Trinajstić information content (AvgIpc) is 3.12. The van der Waals surface area contributed by atoms with Gasteiger partial charge in [0.25, 0.3) is 0 Å². The third kappa shape index (κ3) is 9.84. The van der Waals surface area contributed by atoms with Gasteiger partial charge in [-0.05, 0) is 32.6 Å². The molecule has 1 aliphatic rings. The summed E-state index contributed by atoms with van der Waals surface area (Å²) in [5.74, 6) is 0.0513. The number of nitrogens with one attached hydrogen (secondary N) is 2. The Morgan fingerprint density at radius 3 is 2.17 bits per heavy atom. The van der Waals surface area contributed by atoms with Crippen molar-refractivity contribution >= 4 is 5.91 Å². The van der Waals surface area contributed by atoms with Gasteiger partial charge in [-0.2, -0.15) is 0 Å². The van der Waals surface area contributed by atoms with E-state index in [9.17, 15) is 4.79 Å². The van der Waals surface area contributed by atoms with Crippen LogP contribution in [0.5, 0.6) is 0 Å². The molecule has 0 spiro atoms. The number of quaternary nitrogens is 1. The zero-order valence-corrected chi connectivity index (χ0v) is 19.7. The van der Waals surface area contributed by atoms with Crippen LogP contribution in [0.15, 0.2) is 24.6 Å². The third-order valence-corrected chi connectivity index (χ3v) is 6.37. The fourth-order valence-electron chi connectivity index (χ4n) is 4.51. The maximum absolute atomic E-state index is 11.5. The van der Waals surface area contributed by atoms with Crippen LogP contribution >= 0.6 is 0 Å². The smallest absolute Gasteiger partial charge is 0.221 e. The van der Waals surface area contributed by atoms with Crippen molar-refractivity contribution in [3.05, 3.63) is 24.6 Å². The minimum atomic E-state index is 0.0513. The van der Waals surface area contributed by atoms with Gasteiger partial charge >= 0.3 is 0 Å². The van der Waals surface area contributed by atoms with E-state index in [2.05, 4.69) is 56.0 Å². The van der Waals surface area contributed by atoms with E-state index in [0.717, 1.165) is 17.4 Å². The SMILES string of the molecule is CCC/C=C/CCCCCCCCCCCC1NC=C[N+]1(CC)C(C)NC(C)=O. The number of nitrogens with zero attached hydrogens (tertiary/aromatic N) is 1. The maximum atomic E-state index is 11.5. The molecule has 4 nitrogen and oxygen atoms in total. The Balaban J connectivity index is 2.07. The minimum absolute atomic E-state index is 0.0513. The highest BCUT2D eigenvalue weighted by molar-refractivity contribution is 5.72. The molecule has 0 fully saturated rings. The highest BCUT2D eigenvalue weighted by Crippen LogP contribution is 2.26. The summed E-state index contributed by atoms with van der Waals surface area (Å²) in [6, 6.07) is 0. The van der Waals surface area contributed by atoms with E-state index in [1.165, 1.54) is 77.0 Å². The summed E-state index contributed by atoms with van der Waals surface area (Å²) in [6.45, 7) is 9.17. The van der Waals surface area contributed by atoms with Crippen LogP contribution in [0.4, 0.5) is 0 Å². The van der Waals surface area contributed by atoms with E-state index >= 15 is 0 Å². The minimum Gasteiger partial charge on any atom is -0.338 e. The Morgan fingerprint density at radius 1 is 1.00 bits per heavy atom. The molecule has 0 aliphatic carbocycles.